The average molecular weight is 242 g/mol. The van der Waals surface area contributed by atoms with Crippen molar-refractivity contribution in [3.63, 3.8) is 0 Å². The minimum atomic E-state index is 0.372. The standard InChI is InChI=1S/C10H18N4OS/c1-3-9-12-10(16-13-9)14-4-5-15-7-8(14)6-11-2/h8,11H,3-7H2,1-2H3. The van der Waals surface area contributed by atoms with Crippen molar-refractivity contribution in [1.29, 1.82) is 0 Å². The molecule has 1 unspecified atom stereocenters. The Hall–Kier alpha value is -0.720. The maximum Gasteiger partial charge on any atom is 0.205 e. The Morgan fingerprint density at radius 2 is 2.50 bits per heavy atom. The number of hydrogen-bond acceptors (Lipinski definition) is 6. The van der Waals surface area contributed by atoms with Gasteiger partial charge in [-0.1, -0.05) is 6.92 Å². The highest BCUT2D eigenvalue weighted by atomic mass is 32.1. The largest absolute Gasteiger partial charge is 0.377 e. The number of ether oxygens (including phenoxy) is 1. The number of nitrogens with zero attached hydrogens (tertiary/aromatic N) is 3. The zero-order valence-corrected chi connectivity index (χ0v) is 10.6. The van der Waals surface area contributed by atoms with Gasteiger partial charge in [0.25, 0.3) is 0 Å². The summed E-state index contributed by atoms with van der Waals surface area (Å²) in [6.07, 6.45) is 0.900. The minimum Gasteiger partial charge on any atom is -0.377 e. The van der Waals surface area contributed by atoms with E-state index >= 15 is 0 Å². The number of anilines is 1. The zero-order chi connectivity index (χ0) is 11.4. The Labute approximate surface area is 100.0 Å². The number of aromatic nitrogens is 2. The molecule has 0 saturated carbocycles. The Morgan fingerprint density at radius 3 is 3.19 bits per heavy atom. The number of aryl methyl sites for hydroxylation is 1. The van der Waals surface area contributed by atoms with Gasteiger partial charge < -0.3 is 15.0 Å². The second-order valence-electron chi connectivity index (χ2n) is 3.83. The van der Waals surface area contributed by atoms with E-state index in [-0.39, 0.29) is 0 Å². The van der Waals surface area contributed by atoms with Crippen molar-refractivity contribution in [3.05, 3.63) is 5.82 Å². The predicted molar refractivity (Wildman–Crippen MR) is 65.2 cm³/mol. The second kappa shape index (κ2) is 5.56. The van der Waals surface area contributed by atoms with Crippen molar-refractivity contribution in [1.82, 2.24) is 14.7 Å². The van der Waals surface area contributed by atoms with Gasteiger partial charge in [0, 0.05) is 31.0 Å². The molecule has 5 nitrogen and oxygen atoms in total. The summed E-state index contributed by atoms with van der Waals surface area (Å²) in [6.45, 7) is 5.45. The molecule has 1 aromatic rings. The van der Waals surface area contributed by atoms with E-state index < -0.39 is 0 Å². The van der Waals surface area contributed by atoms with Crippen LogP contribution in [0, 0.1) is 0 Å². The first-order valence-corrected chi connectivity index (χ1v) is 6.44. The quantitative estimate of drug-likeness (QED) is 0.834. The summed E-state index contributed by atoms with van der Waals surface area (Å²) < 4.78 is 9.83. The molecule has 6 heteroatoms. The number of hydrogen-bond donors (Lipinski definition) is 1. The van der Waals surface area contributed by atoms with Gasteiger partial charge in [-0.3, -0.25) is 0 Å². The Bertz CT molecular complexity index is 328. The monoisotopic (exact) mass is 242 g/mol. The van der Waals surface area contributed by atoms with Crippen molar-refractivity contribution >= 4 is 16.7 Å². The van der Waals surface area contributed by atoms with Crippen LogP contribution in [-0.2, 0) is 11.2 Å². The van der Waals surface area contributed by atoms with E-state index in [1.54, 1.807) is 0 Å². The van der Waals surface area contributed by atoms with Crippen LogP contribution < -0.4 is 10.2 Å². The van der Waals surface area contributed by atoms with Gasteiger partial charge in [0.2, 0.25) is 5.13 Å². The van der Waals surface area contributed by atoms with E-state index in [1.807, 2.05) is 7.05 Å². The van der Waals surface area contributed by atoms with Crippen LogP contribution in [0.1, 0.15) is 12.7 Å². The van der Waals surface area contributed by atoms with E-state index in [4.69, 9.17) is 4.74 Å². The second-order valence-corrected chi connectivity index (χ2v) is 4.56. The van der Waals surface area contributed by atoms with Gasteiger partial charge in [-0.2, -0.15) is 4.37 Å². The van der Waals surface area contributed by atoms with Crippen molar-refractivity contribution < 1.29 is 4.74 Å². The molecule has 0 aromatic carbocycles. The lowest BCUT2D eigenvalue weighted by atomic mass is 10.2. The molecule has 0 spiro atoms. The van der Waals surface area contributed by atoms with E-state index in [0.29, 0.717) is 6.04 Å². The van der Waals surface area contributed by atoms with Crippen LogP contribution in [-0.4, -0.2) is 48.8 Å². The zero-order valence-electron chi connectivity index (χ0n) is 9.77. The van der Waals surface area contributed by atoms with Gasteiger partial charge >= 0.3 is 0 Å². The van der Waals surface area contributed by atoms with E-state index in [2.05, 4.69) is 26.5 Å². The van der Waals surface area contributed by atoms with Crippen LogP contribution in [0.4, 0.5) is 5.13 Å². The third-order valence-corrected chi connectivity index (χ3v) is 3.48. The molecule has 1 aliphatic heterocycles. The SMILES string of the molecule is CCc1nsc(N2CCOCC2CNC)n1. The third-order valence-electron chi connectivity index (χ3n) is 2.69. The smallest absolute Gasteiger partial charge is 0.205 e. The summed E-state index contributed by atoms with van der Waals surface area (Å²) in [5.74, 6) is 0.940. The number of nitrogens with one attached hydrogen (secondary N) is 1. The van der Waals surface area contributed by atoms with Gasteiger partial charge in [0.05, 0.1) is 19.3 Å². The highest BCUT2D eigenvalue weighted by Gasteiger charge is 2.25. The lowest BCUT2D eigenvalue weighted by molar-refractivity contribution is 0.0943. The molecule has 0 aliphatic carbocycles. The van der Waals surface area contributed by atoms with Gasteiger partial charge in [0.15, 0.2) is 0 Å². The van der Waals surface area contributed by atoms with E-state index in [1.165, 1.54) is 11.5 Å². The van der Waals surface area contributed by atoms with Gasteiger partial charge in [0.1, 0.15) is 5.82 Å². The van der Waals surface area contributed by atoms with Crippen molar-refractivity contribution in [3.8, 4) is 0 Å². The summed E-state index contributed by atoms with van der Waals surface area (Å²) in [4.78, 5) is 6.84. The van der Waals surface area contributed by atoms with Gasteiger partial charge in [-0.05, 0) is 7.05 Å². The van der Waals surface area contributed by atoms with Crippen LogP contribution in [0.25, 0.3) is 0 Å². The topological polar surface area (TPSA) is 50.3 Å². The Morgan fingerprint density at radius 1 is 1.62 bits per heavy atom. The van der Waals surface area contributed by atoms with Crippen LogP contribution >= 0.6 is 11.5 Å². The van der Waals surface area contributed by atoms with Gasteiger partial charge in [-0.15, -0.1) is 0 Å². The van der Waals surface area contributed by atoms with Crippen LogP contribution in [0.3, 0.4) is 0 Å². The summed E-state index contributed by atoms with van der Waals surface area (Å²) in [5, 5.41) is 4.22. The molecule has 90 valence electrons. The molecule has 1 atom stereocenters. The summed E-state index contributed by atoms with van der Waals surface area (Å²) >= 11 is 1.49. The molecule has 1 saturated heterocycles. The van der Waals surface area contributed by atoms with Crippen LogP contribution in [0.15, 0.2) is 0 Å². The predicted octanol–water partition coefficient (Wildman–Crippen LogP) is 0.525. The molecular formula is C10H18N4OS. The van der Waals surface area contributed by atoms with Crippen molar-refractivity contribution in [2.75, 3.05) is 38.3 Å². The molecule has 2 rings (SSSR count). The van der Waals surface area contributed by atoms with Gasteiger partial charge in [-0.25, -0.2) is 4.98 Å². The van der Waals surface area contributed by atoms with Crippen LogP contribution in [0.2, 0.25) is 0 Å². The van der Waals surface area contributed by atoms with Crippen molar-refractivity contribution in [2.45, 2.75) is 19.4 Å². The molecule has 0 radical (unpaired) electrons. The Kier molecular flexibility index (Phi) is 4.09. The first-order chi connectivity index (χ1) is 7.85. The van der Waals surface area contributed by atoms with E-state index in [0.717, 1.165) is 43.7 Å². The van der Waals surface area contributed by atoms with Crippen LogP contribution in [0.5, 0.6) is 0 Å². The molecular weight excluding hydrogens is 224 g/mol. The average Bonchev–Trinajstić information content (AvgIpc) is 2.79. The number of likely N-dealkylation sites (N-methyl/N-ethyl adjacent to an activating group) is 1. The fraction of sp³-hybridized carbons (Fsp3) is 0.800. The minimum absolute atomic E-state index is 0.372. The lowest BCUT2D eigenvalue weighted by Gasteiger charge is -2.34. The molecule has 0 bridgehead atoms. The fourth-order valence-electron chi connectivity index (χ4n) is 1.82. The highest BCUT2D eigenvalue weighted by Crippen LogP contribution is 2.21. The summed E-state index contributed by atoms with van der Waals surface area (Å²) in [5.41, 5.74) is 0. The lowest BCUT2D eigenvalue weighted by Crippen LogP contribution is -2.50. The molecule has 2 heterocycles. The fourth-order valence-corrected chi connectivity index (χ4v) is 2.66. The highest BCUT2D eigenvalue weighted by molar-refractivity contribution is 7.09. The maximum absolute atomic E-state index is 5.49. The first-order valence-electron chi connectivity index (χ1n) is 5.66. The molecule has 1 N–H and O–H groups in total. The normalized spacial score (nSPS) is 21.4. The van der Waals surface area contributed by atoms with E-state index in [9.17, 15) is 0 Å². The first kappa shape index (κ1) is 11.8. The Balaban J connectivity index is 2.09. The number of morpholine rings is 1. The molecule has 1 aromatic heterocycles. The number of rotatable bonds is 4. The van der Waals surface area contributed by atoms with Crippen molar-refractivity contribution in [2.24, 2.45) is 0 Å². The molecule has 1 aliphatic rings. The molecule has 0 amide bonds. The molecule has 1 fully saturated rings. The summed E-state index contributed by atoms with van der Waals surface area (Å²) in [6, 6.07) is 0.372. The summed E-state index contributed by atoms with van der Waals surface area (Å²) in [7, 11) is 1.96. The maximum atomic E-state index is 5.49. The molecule has 16 heavy (non-hydrogen) atoms. The third kappa shape index (κ3) is 2.50.